The van der Waals surface area contributed by atoms with Crippen molar-refractivity contribution in [1.29, 1.82) is 5.26 Å². The van der Waals surface area contributed by atoms with Gasteiger partial charge in [0, 0.05) is 43.4 Å². The van der Waals surface area contributed by atoms with Gasteiger partial charge in [-0.3, -0.25) is 9.69 Å². The Balaban J connectivity index is 1.41. The van der Waals surface area contributed by atoms with Crippen LogP contribution in [0.4, 0.5) is 32.8 Å². The van der Waals surface area contributed by atoms with E-state index in [0.29, 0.717) is 25.9 Å². The highest BCUT2D eigenvalue weighted by molar-refractivity contribution is 7.23. The smallest absolute Gasteiger partial charge is 0.417 e. The number of hydrogen-bond acceptors (Lipinski definition) is 9. The number of thiophene rings is 1. The van der Waals surface area contributed by atoms with Gasteiger partial charge < -0.3 is 20.3 Å². The molecule has 3 aliphatic rings. The summed E-state index contributed by atoms with van der Waals surface area (Å²) in [5, 5.41) is 9.90. The van der Waals surface area contributed by atoms with Gasteiger partial charge in [0.25, 0.3) is 0 Å². The minimum absolute atomic E-state index is 0.0115. The van der Waals surface area contributed by atoms with E-state index >= 15 is 13.2 Å². The molecule has 0 radical (unpaired) electrons. The van der Waals surface area contributed by atoms with Crippen molar-refractivity contribution < 1.29 is 31.5 Å². The van der Waals surface area contributed by atoms with E-state index in [4.69, 9.17) is 10.5 Å². The molecule has 2 aromatic carbocycles. The normalized spacial score (nSPS) is 23.8. The number of ether oxygens (including phenoxy) is 1. The number of nitriles is 1. The van der Waals surface area contributed by atoms with Gasteiger partial charge >= 0.3 is 12.2 Å². The van der Waals surface area contributed by atoms with E-state index in [-0.39, 0.29) is 79.1 Å². The third kappa shape index (κ3) is 5.49. The van der Waals surface area contributed by atoms with Gasteiger partial charge in [-0.1, -0.05) is 12.6 Å². The van der Waals surface area contributed by atoms with Crippen molar-refractivity contribution in [2.45, 2.75) is 62.6 Å². The molecule has 4 unspecified atom stereocenters. The van der Waals surface area contributed by atoms with Crippen LogP contribution in [0.3, 0.4) is 0 Å². The summed E-state index contributed by atoms with van der Waals surface area (Å²) in [5.41, 5.74) is 4.08. The minimum Gasteiger partial charge on any atom is -0.461 e. The van der Waals surface area contributed by atoms with E-state index in [0.717, 1.165) is 42.9 Å². The summed E-state index contributed by atoms with van der Waals surface area (Å²) in [7, 11) is 1.70. The third-order valence-electron chi connectivity index (χ3n) is 10.6. The van der Waals surface area contributed by atoms with Crippen molar-refractivity contribution in [2.75, 3.05) is 43.9 Å². The van der Waals surface area contributed by atoms with Gasteiger partial charge in [-0.2, -0.15) is 28.4 Å². The van der Waals surface area contributed by atoms with Crippen LogP contribution in [0.25, 0.3) is 32.1 Å². The van der Waals surface area contributed by atoms with Crippen LogP contribution in [0.1, 0.15) is 43.7 Å². The Labute approximate surface area is 288 Å². The molecule has 2 aromatic heterocycles. The van der Waals surface area contributed by atoms with Crippen LogP contribution in [-0.2, 0) is 11.0 Å². The monoisotopic (exact) mass is 711 g/mol. The van der Waals surface area contributed by atoms with E-state index in [1.54, 1.807) is 16.8 Å². The first-order valence-electron chi connectivity index (χ1n) is 16.3. The molecule has 0 spiro atoms. The van der Waals surface area contributed by atoms with Gasteiger partial charge in [-0.15, -0.1) is 11.3 Å². The number of fused-ring (bicyclic) bond motifs is 3. The number of carbonyl (C=O) groups excluding carboxylic acids is 1. The molecule has 3 saturated heterocycles. The third-order valence-corrected chi connectivity index (χ3v) is 11.6. The number of nitrogen functional groups attached to an aromatic ring is 1. The van der Waals surface area contributed by atoms with E-state index < -0.39 is 29.3 Å². The second kappa shape index (κ2) is 12.3. The van der Waals surface area contributed by atoms with Crippen molar-refractivity contribution in [3.63, 3.8) is 0 Å². The Kier molecular flexibility index (Phi) is 8.38. The molecule has 0 bridgehead atoms. The van der Waals surface area contributed by atoms with Crippen LogP contribution in [-0.4, -0.2) is 82.8 Å². The average Bonchev–Trinajstić information content (AvgIpc) is 3.82. The van der Waals surface area contributed by atoms with Crippen LogP contribution in [0, 0.1) is 17.1 Å². The Bertz CT molecular complexity index is 2080. The first-order chi connectivity index (χ1) is 23.8. The van der Waals surface area contributed by atoms with Gasteiger partial charge in [0.05, 0.1) is 32.9 Å². The summed E-state index contributed by atoms with van der Waals surface area (Å²) >= 11 is 0.790. The zero-order valence-electron chi connectivity index (χ0n) is 27.4. The van der Waals surface area contributed by atoms with E-state index in [1.165, 1.54) is 18.2 Å². The fourth-order valence-electron chi connectivity index (χ4n) is 8.13. The van der Waals surface area contributed by atoms with Gasteiger partial charge in [-0.05, 0) is 68.1 Å². The van der Waals surface area contributed by atoms with Gasteiger partial charge in [0.2, 0.25) is 5.91 Å². The summed E-state index contributed by atoms with van der Waals surface area (Å²) in [6.07, 6.45) is -2.23. The maximum atomic E-state index is 15.0. The number of halogens is 5. The number of nitrogens with two attached hydrogens (primary N) is 1. The van der Waals surface area contributed by atoms with Crippen LogP contribution in [0.5, 0.6) is 6.01 Å². The number of benzene rings is 2. The highest BCUT2D eigenvalue weighted by atomic mass is 32.1. The quantitative estimate of drug-likeness (QED) is 0.167. The average molecular weight is 712 g/mol. The molecule has 15 heteroatoms. The lowest BCUT2D eigenvalue weighted by molar-refractivity contribution is -0.137. The zero-order valence-corrected chi connectivity index (χ0v) is 28.2. The number of aromatic nitrogens is 2. The number of nitrogens with zero attached hydrogens (tertiary/aromatic N) is 6. The van der Waals surface area contributed by atoms with Crippen molar-refractivity contribution in [3.8, 4) is 23.2 Å². The van der Waals surface area contributed by atoms with E-state index in [2.05, 4.69) is 21.4 Å². The number of hydrogen-bond donors (Lipinski definition) is 1. The second-order valence-corrected chi connectivity index (χ2v) is 14.4. The van der Waals surface area contributed by atoms with Gasteiger partial charge in [-0.25, -0.2) is 8.78 Å². The Hall–Kier alpha value is -4.55. The molecule has 3 fully saturated rings. The standard InChI is InChI=1S/C35H34F5N7O2S/c1-4-28(48)47-11-8-27(18(47)2)45(3)32-22-12-24(35(38,39)40)21(20-6-7-25(37)30-29(20)23(15-41)31(42)50-30)13-26(22)43-33(44-32)49-17-34-9-5-10-46(34)16-19(36)14-34/h4,6-7,12-13,18-19,27H,1,5,8-11,14,16-17,42H2,2-3H3. The SMILES string of the molecule is C=CC(=O)N1CCC(N(C)c2nc(OCC34CCCN3CC(F)C4)nc3cc(-c4ccc(F)c5sc(N)c(C#N)c45)c(C(F)(F)F)cc23)C1C. The van der Waals surface area contributed by atoms with E-state index in [9.17, 15) is 18.8 Å². The molecule has 0 aliphatic carbocycles. The number of carbonyl (C=O) groups is 1. The predicted molar refractivity (Wildman–Crippen MR) is 181 cm³/mol. The van der Waals surface area contributed by atoms with Crippen LogP contribution in [0.15, 0.2) is 36.9 Å². The van der Waals surface area contributed by atoms with Crippen molar-refractivity contribution in [1.82, 2.24) is 19.8 Å². The minimum atomic E-state index is -4.88. The molecule has 4 atom stereocenters. The molecule has 5 heterocycles. The molecule has 9 nitrogen and oxygen atoms in total. The highest BCUT2D eigenvalue weighted by Gasteiger charge is 2.49. The molecule has 1 amide bonds. The summed E-state index contributed by atoms with van der Waals surface area (Å²) < 4.78 is 80.7. The molecule has 2 N–H and O–H groups in total. The molecular formula is C35H34F5N7O2S. The molecule has 4 aromatic rings. The number of rotatable bonds is 7. The molecule has 3 aliphatic heterocycles. The van der Waals surface area contributed by atoms with E-state index in [1.807, 2.05) is 13.0 Å². The number of likely N-dealkylation sites (N-methyl/N-ethyl adjacent to an activating group) is 1. The maximum Gasteiger partial charge on any atom is 0.417 e. The summed E-state index contributed by atoms with van der Waals surface area (Å²) in [4.78, 5) is 27.3. The molecular weight excluding hydrogens is 677 g/mol. The van der Waals surface area contributed by atoms with Gasteiger partial charge in [0.1, 0.15) is 35.5 Å². The van der Waals surface area contributed by atoms with Crippen molar-refractivity contribution in [3.05, 3.63) is 53.9 Å². The van der Waals surface area contributed by atoms with Crippen LogP contribution in [0.2, 0.25) is 0 Å². The summed E-state index contributed by atoms with van der Waals surface area (Å²) in [6.45, 7) is 7.00. The highest BCUT2D eigenvalue weighted by Crippen LogP contribution is 2.47. The Morgan fingerprint density at radius 3 is 2.78 bits per heavy atom. The largest absolute Gasteiger partial charge is 0.461 e. The first kappa shape index (κ1) is 33.9. The number of anilines is 2. The number of alkyl halides is 4. The first-order valence-corrected chi connectivity index (χ1v) is 17.1. The maximum absolute atomic E-state index is 15.0. The number of amides is 1. The van der Waals surface area contributed by atoms with Crippen molar-refractivity contribution in [2.24, 2.45) is 0 Å². The molecule has 0 saturated carbocycles. The lowest BCUT2D eigenvalue weighted by atomic mass is 9.93. The fourth-order valence-corrected chi connectivity index (χ4v) is 9.08. The lowest BCUT2D eigenvalue weighted by Crippen LogP contribution is -2.44. The second-order valence-electron chi connectivity index (χ2n) is 13.3. The molecule has 262 valence electrons. The topological polar surface area (TPSA) is 112 Å². The molecule has 50 heavy (non-hydrogen) atoms. The number of likely N-dealkylation sites (tertiary alicyclic amines) is 1. The fraction of sp³-hybridized carbons (Fsp3) is 0.429. The predicted octanol–water partition coefficient (Wildman–Crippen LogP) is 6.69. The Morgan fingerprint density at radius 1 is 1.28 bits per heavy atom. The summed E-state index contributed by atoms with van der Waals surface area (Å²) in [5.74, 6) is -0.812. The Morgan fingerprint density at radius 2 is 2.06 bits per heavy atom. The van der Waals surface area contributed by atoms with Crippen molar-refractivity contribution >= 4 is 49.1 Å². The molecule has 7 rings (SSSR count). The zero-order chi connectivity index (χ0) is 35.7. The van der Waals surface area contributed by atoms with Crippen LogP contribution < -0.4 is 15.4 Å². The van der Waals surface area contributed by atoms with Gasteiger partial charge in [0.15, 0.2) is 0 Å². The summed E-state index contributed by atoms with van der Waals surface area (Å²) in [6, 6.07) is 5.65. The lowest BCUT2D eigenvalue weighted by Gasteiger charge is -2.33. The van der Waals surface area contributed by atoms with Crippen LogP contribution >= 0.6 is 11.3 Å².